The van der Waals surface area contributed by atoms with Gasteiger partial charge in [-0.2, -0.15) is 0 Å². The predicted molar refractivity (Wildman–Crippen MR) is 140 cm³/mol. The van der Waals surface area contributed by atoms with E-state index in [-0.39, 0.29) is 23.0 Å². The van der Waals surface area contributed by atoms with Crippen LogP contribution in [-0.4, -0.2) is 21.7 Å². The van der Waals surface area contributed by atoms with E-state index in [0.717, 1.165) is 17.8 Å². The molecule has 0 bridgehead atoms. The summed E-state index contributed by atoms with van der Waals surface area (Å²) in [5, 5.41) is 14.1. The summed E-state index contributed by atoms with van der Waals surface area (Å²) >= 11 is 1.02. The van der Waals surface area contributed by atoms with E-state index in [1.54, 1.807) is 48.5 Å². The minimum Gasteiger partial charge on any atom is -0.399 e. The molecule has 1 fully saturated rings. The molecule has 0 atom stereocenters. The summed E-state index contributed by atoms with van der Waals surface area (Å²) in [5.74, 6) is -1.31. The third-order valence-corrected chi connectivity index (χ3v) is 7.30. The van der Waals surface area contributed by atoms with Gasteiger partial charge in [0.25, 0.3) is 11.8 Å². The van der Waals surface area contributed by atoms with Crippen molar-refractivity contribution >= 4 is 45.5 Å². The number of nitrogen functional groups attached to an aromatic ring is 1. The second-order valence-corrected chi connectivity index (χ2v) is 9.57. The Morgan fingerprint density at radius 1 is 0.973 bits per heavy atom. The lowest BCUT2D eigenvalue weighted by molar-refractivity contribution is -0.401. The maximum Gasteiger partial charge on any atom is 0.433 e. The number of unbranched alkanes of at least 4 members (excludes halogenated alkanes) is 1. The van der Waals surface area contributed by atoms with E-state index in [1.807, 2.05) is 19.1 Å². The summed E-state index contributed by atoms with van der Waals surface area (Å²) in [5.41, 5.74) is 5.64. The molecule has 2 amide bonds. The summed E-state index contributed by atoms with van der Waals surface area (Å²) in [6, 6.07) is 20.5. The van der Waals surface area contributed by atoms with E-state index in [9.17, 15) is 19.7 Å². The Bertz CT molecular complexity index is 1410. The second kappa shape index (κ2) is 9.51. The number of carbonyl (C=O) groups is 2. The number of hydrazine groups is 1. The molecule has 37 heavy (non-hydrogen) atoms. The maximum absolute atomic E-state index is 14.5. The molecule has 5 rings (SSSR count). The normalized spacial score (nSPS) is 14.9. The standard InChI is InChI=1S/C26H23N5O5S/c1-2-3-16-26(22-21(28-25(27)37-22)19-14-15-20(36-19)31(34)35)23(32)29(17-10-6-4-7-11-17)30(24(26)33)18-12-8-5-9-13-18/h4-15H,2-3,16H2,1H3,(H2,27,28). The number of aromatic nitrogens is 1. The number of thiazole rings is 1. The second-order valence-electron chi connectivity index (χ2n) is 8.54. The average Bonchev–Trinajstić information content (AvgIpc) is 3.60. The van der Waals surface area contributed by atoms with Gasteiger partial charge in [-0.25, -0.2) is 15.0 Å². The molecular formula is C26H23N5O5S. The van der Waals surface area contributed by atoms with Crippen LogP contribution in [0.2, 0.25) is 0 Å². The number of benzene rings is 2. The van der Waals surface area contributed by atoms with Crippen molar-refractivity contribution in [1.29, 1.82) is 0 Å². The number of nitro groups is 1. The number of furan rings is 1. The van der Waals surface area contributed by atoms with E-state index in [4.69, 9.17) is 10.2 Å². The van der Waals surface area contributed by atoms with Crippen molar-refractivity contribution < 1.29 is 18.9 Å². The number of para-hydroxylation sites is 2. The number of rotatable bonds is 8. The van der Waals surface area contributed by atoms with Crippen molar-refractivity contribution in [3.05, 3.63) is 87.8 Å². The summed E-state index contributed by atoms with van der Waals surface area (Å²) in [4.78, 5) is 44.2. The summed E-state index contributed by atoms with van der Waals surface area (Å²) in [7, 11) is 0. The van der Waals surface area contributed by atoms with Crippen LogP contribution < -0.4 is 15.8 Å². The molecule has 0 aliphatic carbocycles. The van der Waals surface area contributed by atoms with Gasteiger partial charge in [-0.1, -0.05) is 67.5 Å². The molecule has 0 saturated carbocycles. The Labute approximate surface area is 216 Å². The molecule has 0 unspecified atom stereocenters. The molecule has 3 heterocycles. The van der Waals surface area contributed by atoms with Gasteiger partial charge in [0.1, 0.15) is 10.6 Å². The van der Waals surface area contributed by atoms with Crippen LogP contribution in [0.5, 0.6) is 0 Å². The van der Waals surface area contributed by atoms with Crippen molar-refractivity contribution in [2.45, 2.75) is 31.6 Å². The molecule has 2 aromatic carbocycles. The van der Waals surface area contributed by atoms with Crippen LogP contribution in [0, 0.1) is 10.1 Å². The van der Waals surface area contributed by atoms with E-state index in [2.05, 4.69) is 4.98 Å². The van der Waals surface area contributed by atoms with Gasteiger partial charge in [-0.15, -0.1) is 0 Å². The Hall–Kier alpha value is -4.51. The van der Waals surface area contributed by atoms with Crippen molar-refractivity contribution in [1.82, 2.24) is 4.98 Å². The van der Waals surface area contributed by atoms with Crippen molar-refractivity contribution in [3.63, 3.8) is 0 Å². The average molecular weight is 518 g/mol. The van der Waals surface area contributed by atoms with Crippen LogP contribution in [0.1, 0.15) is 31.1 Å². The molecular weight excluding hydrogens is 494 g/mol. The van der Waals surface area contributed by atoms with E-state index in [1.165, 1.54) is 22.2 Å². The van der Waals surface area contributed by atoms with Crippen molar-refractivity contribution in [2.75, 3.05) is 15.8 Å². The summed E-state index contributed by atoms with van der Waals surface area (Å²) < 4.78 is 5.43. The van der Waals surface area contributed by atoms with Crippen molar-refractivity contribution in [3.8, 4) is 11.5 Å². The van der Waals surface area contributed by atoms with Gasteiger partial charge >= 0.3 is 5.88 Å². The maximum atomic E-state index is 14.5. The van der Waals surface area contributed by atoms with Crippen LogP contribution in [0.15, 0.2) is 77.2 Å². The largest absolute Gasteiger partial charge is 0.433 e. The van der Waals surface area contributed by atoms with Crippen LogP contribution in [0.3, 0.4) is 0 Å². The van der Waals surface area contributed by atoms with E-state index in [0.29, 0.717) is 22.7 Å². The number of hydrogen-bond donors (Lipinski definition) is 1. The quantitative estimate of drug-likeness (QED) is 0.190. The van der Waals surface area contributed by atoms with E-state index >= 15 is 0 Å². The highest BCUT2D eigenvalue weighted by Crippen LogP contribution is 2.49. The smallest absolute Gasteiger partial charge is 0.399 e. The van der Waals surface area contributed by atoms with Gasteiger partial charge < -0.3 is 10.2 Å². The third-order valence-electron chi connectivity index (χ3n) is 6.26. The Balaban J connectivity index is 1.75. The molecule has 1 aliphatic heterocycles. The van der Waals surface area contributed by atoms with Crippen LogP contribution in [0.4, 0.5) is 22.4 Å². The van der Waals surface area contributed by atoms with Gasteiger partial charge in [0.15, 0.2) is 16.3 Å². The third kappa shape index (κ3) is 3.93. The number of hydrogen-bond acceptors (Lipinski definition) is 8. The van der Waals surface area contributed by atoms with Gasteiger partial charge in [0.05, 0.1) is 22.3 Å². The number of anilines is 3. The Morgan fingerprint density at radius 2 is 1.54 bits per heavy atom. The topological polar surface area (TPSA) is 136 Å². The first-order valence-corrected chi connectivity index (χ1v) is 12.5. The summed E-state index contributed by atoms with van der Waals surface area (Å²) in [6.45, 7) is 1.97. The lowest BCUT2D eigenvalue weighted by atomic mass is 9.79. The molecule has 4 aromatic rings. The molecule has 1 aliphatic rings. The van der Waals surface area contributed by atoms with Crippen LogP contribution >= 0.6 is 11.3 Å². The molecule has 0 spiro atoms. The molecule has 11 heteroatoms. The number of amides is 2. The minimum atomic E-state index is -1.66. The lowest BCUT2D eigenvalue weighted by Gasteiger charge is -2.27. The van der Waals surface area contributed by atoms with Gasteiger partial charge in [-0.05, 0) is 36.8 Å². The molecule has 188 valence electrons. The fourth-order valence-electron chi connectivity index (χ4n) is 4.55. The highest BCUT2D eigenvalue weighted by atomic mass is 32.1. The SMILES string of the molecule is CCCCC1(c2sc(N)nc2-c2ccc([N+](=O)[O-])o2)C(=O)N(c2ccccc2)N(c2ccccc2)C1=O. The molecule has 0 radical (unpaired) electrons. The summed E-state index contributed by atoms with van der Waals surface area (Å²) in [6.07, 6.45) is 1.50. The first-order chi connectivity index (χ1) is 17.9. The first-order valence-electron chi connectivity index (χ1n) is 11.7. The fourth-order valence-corrected chi connectivity index (χ4v) is 5.59. The molecule has 1 saturated heterocycles. The van der Waals surface area contributed by atoms with Gasteiger partial charge in [0, 0.05) is 0 Å². The lowest BCUT2D eigenvalue weighted by Crippen LogP contribution is -2.41. The predicted octanol–water partition coefficient (Wildman–Crippen LogP) is 5.32. The fraction of sp³-hybridized carbons (Fsp3) is 0.192. The zero-order valence-electron chi connectivity index (χ0n) is 19.9. The van der Waals surface area contributed by atoms with Gasteiger partial charge in [0.2, 0.25) is 0 Å². The molecule has 2 aromatic heterocycles. The van der Waals surface area contributed by atoms with Crippen LogP contribution in [0.25, 0.3) is 11.5 Å². The highest BCUT2D eigenvalue weighted by molar-refractivity contribution is 7.16. The highest BCUT2D eigenvalue weighted by Gasteiger charge is 2.62. The van der Waals surface area contributed by atoms with Gasteiger partial charge in [-0.3, -0.25) is 19.7 Å². The zero-order valence-corrected chi connectivity index (χ0v) is 20.7. The number of carbonyl (C=O) groups excluding carboxylic acids is 2. The molecule has 2 N–H and O–H groups in total. The van der Waals surface area contributed by atoms with Crippen molar-refractivity contribution in [2.24, 2.45) is 0 Å². The van der Waals surface area contributed by atoms with Crippen LogP contribution in [-0.2, 0) is 15.0 Å². The monoisotopic (exact) mass is 517 g/mol. The first kappa shape index (κ1) is 24.2. The number of nitrogens with two attached hydrogens (primary N) is 1. The molecule has 10 nitrogen and oxygen atoms in total. The number of nitrogens with zero attached hydrogens (tertiary/aromatic N) is 4. The Kier molecular flexibility index (Phi) is 6.22. The minimum absolute atomic E-state index is 0.0653. The van der Waals surface area contributed by atoms with E-state index < -0.39 is 28.0 Å². The Morgan fingerprint density at radius 3 is 2.03 bits per heavy atom. The zero-order chi connectivity index (χ0) is 26.2.